The van der Waals surface area contributed by atoms with E-state index in [1.54, 1.807) is 0 Å². The highest BCUT2D eigenvalue weighted by Gasteiger charge is 2.05. The monoisotopic (exact) mass is 239 g/mol. The number of rotatable bonds is 2. The van der Waals surface area contributed by atoms with Crippen molar-refractivity contribution in [1.82, 2.24) is 10.2 Å². The second kappa shape index (κ2) is 3.47. The Morgan fingerprint density at radius 1 is 1.46 bits per heavy atom. The number of aromatic amines is 1. The van der Waals surface area contributed by atoms with E-state index in [0.717, 1.165) is 27.5 Å². The Hall–Kier alpha value is -0.870. The van der Waals surface area contributed by atoms with E-state index in [0.29, 0.717) is 6.54 Å². The second-order valence-electron chi connectivity index (χ2n) is 2.88. The molecule has 13 heavy (non-hydrogen) atoms. The van der Waals surface area contributed by atoms with Crippen molar-refractivity contribution >= 4 is 26.8 Å². The number of para-hydroxylation sites is 1. The van der Waals surface area contributed by atoms with E-state index in [1.807, 2.05) is 12.1 Å². The molecule has 2 rings (SSSR count). The van der Waals surface area contributed by atoms with Crippen LogP contribution in [0.2, 0.25) is 0 Å². The zero-order valence-electron chi connectivity index (χ0n) is 7.05. The van der Waals surface area contributed by atoms with Crippen LogP contribution in [0.5, 0.6) is 0 Å². The molecule has 1 heterocycles. The molecule has 0 aliphatic carbocycles. The summed E-state index contributed by atoms with van der Waals surface area (Å²) in [5.41, 5.74) is 7.58. The van der Waals surface area contributed by atoms with E-state index < -0.39 is 0 Å². The van der Waals surface area contributed by atoms with Gasteiger partial charge in [-0.2, -0.15) is 5.10 Å². The van der Waals surface area contributed by atoms with Crippen LogP contribution in [0.4, 0.5) is 0 Å². The summed E-state index contributed by atoms with van der Waals surface area (Å²) in [4.78, 5) is 0. The molecule has 1 aromatic heterocycles. The molecule has 0 unspecified atom stereocenters. The van der Waals surface area contributed by atoms with Crippen molar-refractivity contribution in [2.75, 3.05) is 6.54 Å². The van der Waals surface area contributed by atoms with Crippen LogP contribution in [0.15, 0.2) is 22.7 Å². The zero-order chi connectivity index (χ0) is 9.26. The van der Waals surface area contributed by atoms with Gasteiger partial charge < -0.3 is 5.73 Å². The Bertz CT molecular complexity index is 422. The van der Waals surface area contributed by atoms with Crippen LogP contribution >= 0.6 is 15.9 Å². The summed E-state index contributed by atoms with van der Waals surface area (Å²) in [7, 11) is 0. The third kappa shape index (κ3) is 1.47. The van der Waals surface area contributed by atoms with Crippen LogP contribution in [-0.4, -0.2) is 16.7 Å². The van der Waals surface area contributed by atoms with Crippen molar-refractivity contribution in [3.05, 3.63) is 28.4 Å². The molecular formula is C9H10BrN3. The van der Waals surface area contributed by atoms with Crippen molar-refractivity contribution in [2.24, 2.45) is 5.73 Å². The number of hydrogen-bond donors (Lipinski definition) is 2. The highest BCUT2D eigenvalue weighted by molar-refractivity contribution is 9.10. The largest absolute Gasteiger partial charge is 0.330 e. The number of H-pyrrole nitrogens is 1. The zero-order valence-corrected chi connectivity index (χ0v) is 8.63. The van der Waals surface area contributed by atoms with Gasteiger partial charge >= 0.3 is 0 Å². The minimum absolute atomic E-state index is 0.643. The first-order valence-electron chi connectivity index (χ1n) is 4.14. The molecule has 2 aromatic rings. The SMILES string of the molecule is NCCc1[nH]nc2c(Br)cccc12. The summed E-state index contributed by atoms with van der Waals surface area (Å²) in [6, 6.07) is 6.03. The predicted molar refractivity (Wildman–Crippen MR) is 56.6 cm³/mol. The van der Waals surface area contributed by atoms with Gasteiger partial charge in [-0.3, -0.25) is 5.10 Å². The molecular weight excluding hydrogens is 230 g/mol. The maximum atomic E-state index is 5.49. The smallest absolute Gasteiger partial charge is 0.106 e. The standard InChI is InChI=1S/C9H10BrN3/c10-7-3-1-2-6-8(4-5-11)12-13-9(6)7/h1-3H,4-5,11H2,(H,12,13). The summed E-state index contributed by atoms with van der Waals surface area (Å²) in [6.45, 7) is 0.643. The summed E-state index contributed by atoms with van der Waals surface area (Å²) < 4.78 is 1.02. The quantitative estimate of drug-likeness (QED) is 0.841. The molecule has 0 atom stereocenters. The number of halogens is 1. The van der Waals surface area contributed by atoms with E-state index in [9.17, 15) is 0 Å². The number of hydrogen-bond acceptors (Lipinski definition) is 2. The topological polar surface area (TPSA) is 54.7 Å². The van der Waals surface area contributed by atoms with E-state index in [2.05, 4.69) is 32.2 Å². The predicted octanol–water partition coefficient (Wildman–Crippen LogP) is 1.83. The van der Waals surface area contributed by atoms with Gasteiger partial charge in [0.1, 0.15) is 5.52 Å². The third-order valence-corrected chi connectivity index (χ3v) is 2.65. The van der Waals surface area contributed by atoms with Gasteiger partial charge in [-0.05, 0) is 28.5 Å². The van der Waals surface area contributed by atoms with Gasteiger partial charge in [-0.25, -0.2) is 0 Å². The normalized spacial score (nSPS) is 10.9. The van der Waals surface area contributed by atoms with Gasteiger partial charge in [0.15, 0.2) is 0 Å². The fourth-order valence-electron chi connectivity index (χ4n) is 1.39. The van der Waals surface area contributed by atoms with E-state index in [-0.39, 0.29) is 0 Å². The van der Waals surface area contributed by atoms with Crippen LogP contribution < -0.4 is 5.73 Å². The van der Waals surface area contributed by atoms with Crippen LogP contribution in [0.25, 0.3) is 10.9 Å². The molecule has 0 fully saturated rings. The molecule has 3 nitrogen and oxygen atoms in total. The van der Waals surface area contributed by atoms with Gasteiger partial charge in [0.2, 0.25) is 0 Å². The Kier molecular flexibility index (Phi) is 2.33. The molecule has 68 valence electrons. The molecule has 0 aliphatic rings. The van der Waals surface area contributed by atoms with Gasteiger partial charge in [0.05, 0.1) is 0 Å². The Morgan fingerprint density at radius 3 is 3.08 bits per heavy atom. The molecule has 0 radical (unpaired) electrons. The van der Waals surface area contributed by atoms with Crippen molar-refractivity contribution in [3.8, 4) is 0 Å². The van der Waals surface area contributed by atoms with Crippen LogP contribution in [0, 0.1) is 0 Å². The van der Waals surface area contributed by atoms with Gasteiger partial charge in [0, 0.05) is 22.0 Å². The van der Waals surface area contributed by atoms with Crippen LogP contribution in [-0.2, 0) is 6.42 Å². The molecule has 0 bridgehead atoms. The van der Waals surface area contributed by atoms with Gasteiger partial charge in [0.25, 0.3) is 0 Å². The molecule has 0 spiro atoms. The summed E-state index contributed by atoms with van der Waals surface area (Å²) >= 11 is 3.45. The molecule has 4 heteroatoms. The number of nitrogens with one attached hydrogen (secondary N) is 1. The highest BCUT2D eigenvalue weighted by Crippen LogP contribution is 2.23. The van der Waals surface area contributed by atoms with Crippen molar-refractivity contribution in [3.63, 3.8) is 0 Å². The van der Waals surface area contributed by atoms with Gasteiger partial charge in [-0.1, -0.05) is 12.1 Å². The minimum Gasteiger partial charge on any atom is -0.330 e. The first-order valence-corrected chi connectivity index (χ1v) is 4.94. The fraction of sp³-hybridized carbons (Fsp3) is 0.222. The minimum atomic E-state index is 0.643. The van der Waals surface area contributed by atoms with E-state index in [1.165, 1.54) is 0 Å². The summed E-state index contributed by atoms with van der Waals surface area (Å²) in [6.07, 6.45) is 0.840. The summed E-state index contributed by atoms with van der Waals surface area (Å²) in [5, 5.41) is 8.36. The molecule has 0 saturated heterocycles. The highest BCUT2D eigenvalue weighted by atomic mass is 79.9. The maximum absolute atomic E-state index is 5.49. The number of benzene rings is 1. The third-order valence-electron chi connectivity index (χ3n) is 2.01. The maximum Gasteiger partial charge on any atom is 0.106 e. The summed E-state index contributed by atoms with van der Waals surface area (Å²) in [5.74, 6) is 0. The number of nitrogens with two attached hydrogens (primary N) is 1. The van der Waals surface area contributed by atoms with Crippen molar-refractivity contribution in [2.45, 2.75) is 6.42 Å². The first-order chi connectivity index (χ1) is 6.33. The molecule has 1 aromatic carbocycles. The first kappa shape index (κ1) is 8.72. The Morgan fingerprint density at radius 2 is 2.31 bits per heavy atom. The van der Waals surface area contributed by atoms with E-state index in [4.69, 9.17) is 5.73 Å². The Labute approximate surface area is 84.4 Å². The van der Waals surface area contributed by atoms with Crippen molar-refractivity contribution < 1.29 is 0 Å². The van der Waals surface area contributed by atoms with Crippen molar-refractivity contribution in [1.29, 1.82) is 0 Å². The lowest BCUT2D eigenvalue weighted by atomic mass is 10.2. The Balaban J connectivity index is 2.61. The lowest BCUT2D eigenvalue weighted by Crippen LogP contribution is -2.03. The van der Waals surface area contributed by atoms with Crippen LogP contribution in [0.3, 0.4) is 0 Å². The molecule has 3 N–H and O–H groups in total. The average molecular weight is 240 g/mol. The lowest BCUT2D eigenvalue weighted by Gasteiger charge is -1.94. The van der Waals surface area contributed by atoms with Gasteiger partial charge in [-0.15, -0.1) is 0 Å². The number of fused-ring (bicyclic) bond motifs is 1. The van der Waals surface area contributed by atoms with Crippen LogP contribution in [0.1, 0.15) is 5.69 Å². The second-order valence-corrected chi connectivity index (χ2v) is 3.73. The molecule has 0 saturated carbocycles. The number of aromatic nitrogens is 2. The fourth-order valence-corrected chi connectivity index (χ4v) is 1.85. The molecule has 0 aliphatic heterocycles. The average Bonchev–Trinajstić information content (AvgIpc) is 2.51. The lowest BCUT2D eigenvalue weighted by molar-refractivity contribution is 0.909. The number of nitrogens with zero attached hydrogens (tertiary/aromatic N) is 1. The van der Waals surface area contributed by atoms with E-state index >= 15 is 0 Å². The molecule has 0 amide bonds.